The van der Waals surface area contributed by atoms with Crippen LogP contribution in [0.4, 0.5) is 5.69 Å². The lowest BCUT2D eigenvalue weighted by atomic mass is 10.0. The average Bonchev–Trinajstić information content (AvgIpc) is 3.26. The molecule has 3 fully saturated rings. The minimum absolute atomic E-state index is 0.161. The number of ether oxygens (including phenoxy) is 4. The van der Waals surface area contributed by atoms with E-state index < -0.39 is 11.8 Å². The summed E-state index contributed by atoms with van der Waals surface area (Å²) in [6.07, 6.45) is 1.56. The topological polar surface area (TPSA) is 77.5 Å². The molecule has 3 heterocycles. The third-order valence-electron chi connectivity index (χ3n) is 5.56. The van der Waals surface area contributed by atoms with Gasteiger partial charge in [-0.15, -0.1) is 0 Å². The maximum absolute atomic E-state index is 13.1. The summed E-state index contributed by atoms with van der Waals surface area (Å²) in [5.41, 5.74) is 0.422. The monoisotopic (exact) mass is 376 g/mol. The number of piperidine rings is 1. The van der Waals surface area contributed by atoms with Crippen LogP contribution >= 0.6 is 0 Å². The minimum atomic E-state index is -0.502. The van der Waals surface area contributed by atoms with E-state index in [0.717, 1.165) is 0 Å². The molecule has 4 rings (SSSR count). The van der Waals surface area contributed by atoms with E-state index >= 15 is 0 Å². The molecule has 2 amide bonds. The molecule has 146 valence electrons. The summed E-state index contributed by atoms with van der Waals surface area (Å²) in [6, 6.07) is 4.62. The molecule has 0 unspecified atom stereocenters. The van der Waals surface area contributed by atoms with E-state index in [9.17, 15) is 9.59 Å². The number of hydrogen-bond donors (Lipinski definition) is 0. The van der Waals surface area contributed by atoms with E-state index in [-0.39, 0.29) is 18.2 Å². The standard InChI is InChI=1S/C19H24N2O6/c1-24-13-3-4-16(25-2)14(11-13)21-17(22)12-15(18(21)23)20-7-5-19(6-8-20)26-9-10-27-19/h3-4,11,15H,5-10,12H2,1-2H3/t15-/m1/s1. The van der Waals surface area contributed by atoms with Gasteiger partial charge in [-0.05, 0) is 12.1 Å². The predicted molar refractivity (Wildman–Crippen MR) is 95.9 cm³/mol. The van der Waals surface area contributed by atoms with Crippen molar-refractivity contribution in [1.29, 1.82) is 0 Å². The van der Waals surface area contributed by atoms with Crippen LogP contribution in [0.2, 0.25) is 0 Å². The molecule has 0 aliphatic carbocycles. The first-order valence-electron chi connectivity index (χ1n) is 9.18. The molecule has 8 nitrogen and oxygen atoms in total. The van der Waals surface area contributed by atoms with Crippen molar-refractivity contribution in [2.75, 3.05) is 45.4 Å². The molecule has 0 bridgehead atoms. The quantitative estimate of drug-likeness (QED) is 0.730. The molecule has 0 saturated carbocycles. The Hall–Kier alpha value is -2.16. The van der Waals surface area contributed by atoms with Crippen LogP contribution in [0.3, 0.4) is 0 Å². The van der Waals surface area contributed by atoms with Gasteiger partial charge in [0.15, 0.2) is 5.79 Å². The summed E-state index contributed by atoms with van der Waals surface area (Å²) in [5, 5.41) is 0. The Morgan fingerprint density at radius 1 is 1.07 bits per heavy atom. The molecule has 1 aromatic carbocycles. The maximum atomic E-state index is 13.1. The van der Waals surface area contributed by atoms with E-state index in [1.165, 1.54) is 12.0 Å². The fraction of sp³-hybridized carbons (Fsp3) is 0.579. The van der Waals surface area contributed by atoms with Gasteiger partial charge in [-0.3, -0.25) is 14.5 Å². The maximum Gasteiger partial charge on any atom is 0.251 e. The van der Waals surface area contributed by atoms with Gasteiger partial charge in [-0.25, -0.2) is 4.90 Å². The Morgan fingerprint density at radius 2 is 1.78 bits per heavy atom. The summed E-state index contributed by atoms with van der Waals surface area (Å²) in [4.78, 5) is 29.1. The van der Waals surface area contributed by atoms with Crippen molar-refractivity contribution in [3.63, 3.8) is 0 Å². The van der Waals surface area contributed by atoms with Crippen molar-refractivity contribution < 1.29 is 28.5 Å². The highest BCUT2D eigenvalue weighted by molar-refractivity contribution is 6.23. The first-order chi connectivity index (χ1) is 13.1. The molecule has 0 radical (unpaired) electrons. The molecular formula is C19H24N2O6. The first kappa shape index (κ1) is 18.2. The second-order valence-electron chi connectivity index (χ2n) is 6.97. The van der Waals surface area contributed by atoms with Crippen LogP contribution in [0.15, 0.2) is 18.2 Å². The van der Waals surface area contributed by atoms with E-state index in [0.29, 0.717) is 56.3 Å². The van der Waals surface area contributed by atoms with Crippen molar-refractivity contribution >= 4 is 17.5 Å². The van der Waals surface area contributed by atoms with E-state index in [1.807, 2.05) is 0 Å². The summed E-state index contributed by atoms with van der Waals surface area (Å²) in [6.45, 7) is 2.55. The molecule has 3 aliphatic rings. The zero-order chi connectivity index (χ0) is 19.0. The Balaban J connectivity index is 1.53. The molecule has 3 aliphatic heterocycles. The SMILES string of the molecule is COc1ccc(OC)c(N2C(=O)C[C@@H](N3CCC4(CC3)OCCO4)C2=O)c1. The van der Waals surface area contributed by atoms with Gasteiger partial charge in [0.1, 0.15) is 11.5 Å². The van der Waals surface area contributed by atoms with E-state index in [2.05, 4.69) is 4.90 Å². The number of imide groups is 1. The Kier molecular flexibility index (Phi) is 4.79. The predicted octanol–water partition coefficient (Wildman–Crippen LogP) is 1.17. The lowest BCUT2D eigenvalue weighted by Gasteiger charge is -2.39. The van der Waals surface area contributed by atoms with E-state index in [1.54, 1.807) is 25.3 Å². The fourth-order valence-electron chi connectivity index (χ4n) is 4.09. The van der Waals surface area contributed by atoms with Crippen molar-refractivity contribution in [3.05, 3.63) is 18.2 Å². The van der Waals surface area contributed by atoms with Crippen LogP contribution < -0.4 is 14.4 Å². The average molecular weight is 376 g/mol. The second kappa shape index (κ2) is 7.10. The molecule has 1 aromatic rings. The Bertz CT molecular complexity index is 736. The molecule has 8 heteroatoms. The number of carbonyl (C=O) groups is 2. The number of carbonyl (C=O) groups excluding carboxylic acids is 2. The third kappa shape index (κ3) is 3.18. The summed E-state index contributed by atoms with van der Waals surface area (Å²) in [5.74, 6) is 0.0625. The Morgan fingerprint density at radius 3 is 2.41 bits per heavy atom. The highest BCUT2D eigenvalue weighted by Crippen LogP contribution is 2.38. The fourth-order valence-corrected chi connectivity index (χ4v) is 4.09. The largest absolute Gasteiger partial charge is 0.497 e. The first-order valence-corrected chi connectivity index (χ1v) is 9.18. The zero-order valence-electron chi connectivity index (χ0n) is 15.6. The van der Waals surface area contributed by atoms with Crippen LogP contribution in [-0.2, 0) is 19.1 Å². The van der Waals surface area contributed by atoms with Gasteiger partial charge in [0.05, 0.1) is 45.6 Å². The van der Waals surface area contributed by atoms with Gasteiger partial charge in [-0.2, -0.15) is 0 Å². The summed E-state index contributed by atoms with van der Waals surface area (Å²) < 4.78 is 22.1. The number of anilines is 1. The van der Waals surface area contributed by atoms with Crippen LogP contribution in [0.1, 0.15) is 19.3 Å². The molecule has 3 saturated heterocycles. The van der Waals surface area contributed by atoms with Crippen LogP contribution in [0.5, 0.6) is 11.5 Å². The number of nitrogens with zero attached hydrogens (tertiary/aromatic N) is 2. The molecule has 1 spiro atoms. The van der Waals surface area contributed by atoms with Crippen molar-refractivity contribution in [2.45, 2.75) is 31.1 Å². The molecular weight excluding hydrogens is 352 g/mol. The van der Waals surface area contributed by atoms with Gasteiger partial charge >= 0.3 is 0 Å². The Labute approximate surface area is 157 Å². The van der Waals surface area contributed by atoms with Crippen molar-refractivity contribution in [3.8, 4) is 11.5 Å². The van der Waals surface area contributed by atoms with Gasteiger partial charge in [0, 0.05) is 32.0 Å². The normalized spacial score (nSPS) is 25.4. The third-order valence-corrected chi connectivity index (χ3v) is 5.56. The van der Waals surface area contributed by atoms with E-state index in [4.69, 9.17) is 18.9 Å². The number of amides is 2. The molecule has 0 N–H and O–H groups in total. The minimum Gasteiger partial charge on any atom is -0.497 e. The van der Waals surface area contributed by atoms with Crippen molar-refractivity contribution in [2.24, 2.45) is 0 Å². The highest BCUT2D eigenvalue weighted by Gasteiger charge is 2.47. The highest BCUT2D eigenvalue weighted by atomic mass is 16.7. The molecule has 0 aromatic heterocycles. The summed E-state index contributed by atoms with van der Waals surface area (Å²) >= 11 is 0. The van der Waals surface area contributed by atoms with Gasteiger partial charge in [-0.1, -0.05) is 0 Å². The molecule has 1 atom stereocenters. The number of likely N-dealkylation sites (tertiary alicyclic amines) is 1. The lowest BCUT2D eigenvalue weighted by Crippen LogP contribution is -2.51. The number of methoxy groups -OCH3 is 2. The van der Waals surface area contributed by atoms with Crippen LogP contribution in [0, 0.1) is 0 Å². The lowest BCUT2D eigenvalue weighted by molar-refractivity contribution is -0.188. The number of benzene rings is 1. The number of hydrogen-bond acceptors (Lipinski definition) is 7. The van der Waals surface area contributed by atoms with Gasteiger partial charge in [0.25, 0.3) is 5.91 Å². The van der Waals surface area contributed by atoms with Crippen LogP contribution in [0.25, 0.3) is 0 Å². The summed E-state index contributed by atoms with van der Waals surface area (Å²) in [7, 11) is 3.05. The van der Waals surface area contributed by atoms with Gasteiger partial charge in [0.2, 0.25) is 5.91 Å². The zero-order valence-corrected chi connectivity index (χ0v) is 15.6. The number of rotatable bonds is 4. The van der Waals surface area contributed by atoms with Crippen molar-refractivity contribution in [1.82, 2.24) is 4.90 Å². The van der Waals surface area contributed by atoms with Gasteiger partial charge < -0.3 is 18.9 Å². The second-order valence-corrected chi connectivity index (χ2v) is 6.97. The van der Waals surface area contributed by atoms with Crippen LogP contribution in [-0.4, -0.2) is 69.1 Å². The smallest absolute Gasteiger partial charge is 0.251 e. The molecule has 27 heavy (non-hydrogen) atoms.